The van der Waals surface area contributed by atoms with E-state index in [1.807, 2.05) is 29.2 Å². The summed E-state index contributed by atoms with van der Waals surface area (Å²) in [4.78, 5) is 24.6. The van der Waals surface area contributed by atoms with Crippen LogP contribution in [0.1, 0.15) is 6.42 Å². The fourth-order valence-corrected chi connectivity index (χ4v) is 2.66. The maximum Gasteiger partial charge on any atom is 0.307 e. The van der Waals surface area contributed by atoms with Crippen molar-refractivity contribution < 1.29 is 14.7 Å². The first-order valence-electron chi connectivity index (χ1n) is 6.06. The Morgan fingerprint density at radius 3 is 2.70 bits per heavy atom. The van der Waals surface area contributed by atoms with Gasteiger partial charge in [0.25, 0.3) is 0 Å². The average Bonchev–Trinajstić information content (AvgIpc) is 2.80. The summed E-state index contributed by atoms with van der Waals surface area (Å²) in [5.41, 5.74) is 0.794. The number of halogens is 2. The molecule has 5 nitrogen and oxygen atoms in total. The van der Waals surface area contributed by atoms with E-state index in [1.165, 1.54) is 0 Å². The number of nitrogens with zero attached hydrogens (tertiary/aromatic N) is 1. The van der Waals surface area contributed by atoms with Crippen molar-refractivity contribution in [3.63, 3.8) is 0 Å². The van der Waals surface area contributed by atoms with Crippen LogP contribution < -0.4 is 5.32 Å². The molecule has 1 atom stereocenters. The van der Waals surface area contributed by atoms with Gasteiger partial charge in [-0.15, -0.1) is 12.4 Å². The van der Waals surface area contributed by atoms with Crippen molar-refractivity contribution in [2.45, 2.75) is 6.42 Å². The van der Waals surface area contributed by atoms with E-state index in [-0.39, 0.29) is 30.8 Å². The van der Waals surface area contributed by atoms with E-state index in [1.54, 1.807) is 0 Å². The van der Waals surface area contributed by atoms with Gasteiger partial charge in [0.05, 0.1) is 18.2 Å². The number of anilines is 1. The van der Waals surface area contributed by atoms with Crippen molar-refractivity contribution >= 4 is 52.6 Å². The van der Waals surface area contributed by atoms with Crippen molar-refractivity contribution in [2.24, 2.45) is 5.92 Å². The summed E-state index contributed by atoms with van der Waals surface area (Å²) >= 11 is 2.16. The summed E-state index contributed by atoms with van der Waals surface area (Å²) in [6, 6.07) is 7.56. The summed E-state index contributed by atoms with van der Waals surface area (Å²) in [5.74, 6) is -1.22. The van der Waals surface area contributed by atoms with E-state index in [4.69, 9.17) is 5.11 Å². The van der Waals surface area contributed by atoms with E-state index in [2.05, 4.69) is 27.9 Å². The molecule has 1 heterocycles. The Balaban J connectivity index is 0.00000200. The molecule has 1 aromatic rings. The lowest BCUT2D eigenvalue weighted by molar-refractivity contribution is -0.141. The molecule has 0 aliphatic carbocycles. The van der Waals surface area contributed by atoms with Gasteiger partial charge in [0.15, 0.2) is 0 Å². The van der Waals surface area contributed by atoms with Gasteiger partial charge in [-0.2, -0.15) is 0 Å². The molecule has 0 radical (unpaired) electrons. The quantitative estimate of drug-likeness (QED) is 0.746. The monoisotopic (exact) mass is 410 g/mol. The number of amides is 1. The maximum atomic E-state index is 11.9. The van der Waals surface area contributed by atoms with Crippen LogP contribution in [0.2, 0.25) is 0 Å². The first-order chi connectivity index (χ1) is 9.06. The minimum absolute atomic E-state index is 0. The second kappa shape index (κ2) is 7.80. The van der Waals surface area contributed by atoms with Gasteiger partial charge in [-0.3, -0.25) is 14.5 Å². The molecule has 0 bridgehead atoms. The normalized spacial score (nSPS) is 18.4. The van der Waals surface area contributed by atoms with Gasteiger partial charge in [-0.1, -0.05) is 12.1 Å². The van der Waals surface area contributed by atoms with Crippen molar-refractivity contribution in [1.82, 2.24) is 4.90 Å². The molecule has 1 fully saturated rings. The number of nitrogens with one attached hydrogen (secondary N) is 1. The molecule has 2 rings (SSSR count). The highest BCUT2D eigenvalue weighted by Crippen LogP contribution is 2.18. The number of hydrogen-bond acceptors (Lipinski definition) is 3. The van der Waals surface area contributed by atoms with Crippen LogP contribution in [-0.4, -0.2) is 41.5 Å². The summed E-state index contributed by atoms with van der Waals surface area (Å²) in [6.07, 6.45) is 0.617. The van der Waals surface area contributed by atoms with Crippen molar-refractivity contribution in [3.05, 3.63) is 27.8 Å². The van der Waals surface area contributed by atoms with Gasteiger partial charge in [-0.25, -0.2) is 0 Å². The number of para-hydroxylation sites is 1. The molecule has 1 saturated heterocycles. The van der Waals surface area contributed by atoms with E-state index in [0.29, 0.717) is 19.5 Å². The lowest BCUT2D eigenvalue weighted by Crippen LogP contribution is -2.32. The summed E-state index contributed by atoms with van der Waals surface area (Å²) in [7, 11) is 0. The number of likely N-dealkylation sites (tertiary alicyclic amines) is 1. The van der Waals surface area contributed by atoms with Crippen LogP contribution >= 0.6 is 35.0 Å². The SMILES string of the molecule is Cl.O=C(CN1CCC(C(=O)O)C1)Nc1ccccc1I. The number of carbonyl (C=O) groups is 2. The van der Waals surface area contributed by atoms with E-state index in [9.17, 15) is 9.59 Å². The molecule has 110 valence electrons. The average molecular weight is 411 g/mol. The Kier molecular flexibility index (Phi) is 6.70. The molecule has 1 unspecified atom stereocenters. The van der Waals surface area contributed by atoms with E-state index < -0.39 is 5.97 Å². The lowest BCUT2D eigenvalue weighted by atomic mass is 10.1. The zero-order valence-electron chi connectivity index (χ0n) is 10.7. The van der Waals surface area contributed by atoms with Crippen LogP contribution in [-0.2, 0) is 9.59 Å². The van der Waals surface area contributed by atoms with Gasteiger partial charge in [0.1, 0.15) is 0 Å². The zero-order valence-corrected chi connectivity index (χ0v) is 13.7. The third-order valence-corrected chi connectivity index (χ3v) is 4.08. The Hall–Kier alpha value is -0.860. The molecule has 2 N–H and O–H groups in total. The van der Waals surface area contributed by atoms with Crippen molar-refractivity contribution in [3.8, 4) is 0 Å². The van der Waals surface area contributed by atoms with Gasteiger partial charge in [0.2, 0.25) is 5.91 Å². The molecule has 1 aliphatic rings. The predicted octanol–water partition coefficient (Wildman–Crippen LogP) is 2.06. The first kappa shape index (κ1) is 17.2. The zero-order chi connectivity index (χ0) is 13.8. The Labute approximate surface area is 137 Å². The van der Waals surface area contributed by atoms with Gasteiger partial charge < -0.3 is 10.4 Å². The molecule has 0 saturated carbocycles. The van der Waals surface area contributed by atoms with Crippen LogP contribution in [0.3, 0.4) is 0 Å². The van der Waals surface area contributed by atoms with Gasteiger partial charge >= 0.3 is 5.97 Å². The molecule has 0 spiro atoms. The van der Waals surface area contributed by atoms with E-state index >= 15 is 0 Å². The smallest absolute Gasteiger partial charge is 0.307 e. The number of benzene rings is 1. The van der Waals surface area contributed by atoms with Gasteiger partial charge in [-0.05, 0) is 47.7 Å². The largest absolute Gasteiger partial charge is 0.481 e. The third-order valence-electron chi connectivity index (χ3n) is 3.14. The highest BCUT2D eigenvalue weighted by Gasteiger charge is 2.28. The predicted molar refractivity (Wildman–Crippen MR) is 87.2 cm³/mol. The summed E-state index contributed by atoms with van der Waals surface area (Å²) in [5, 5.41) is 11.8. The highest BCUT2D eigenvalue weighted by atomic mass is 127. The molecule has 20 heavy (non-hydrogen) atoms. The van der Waals surface area contributed by atoms with Crippen LogP contribution in [0, 0.1) is 9.49 Å². The Bertz CT molecular complexity index is 498. The standard InChI is InChI=1S/C13H15IN2O3.ClH/c14-10-3-1-2-4-11(10)15-12(17)8-16-6-5-9(7-16)13(18)19;/h1-4,9H,5-8H2,(H,15,17)(H,18,19);1H. The van der Waals surface area contributed by atoms with Crippen molar-refractivity contribution in [2.75, 3.05) is 25.0 Å². The fraction of sp³-hybridized carbons (Fsp3) is 0.385. The third kappa shape index (κ3) is 4.60. The number of hydrogen-bond donors (Lipinski definition) is 2. The second-order valence-corrected chi connectivity index (χ2v) is 5.75. The number of carboxylic acids is 1. The molecule has 0 aromatic heterocycles. The summed E-state index contributed by atoms with van der Waals surface area (Å²) in [6.45, 7) is 1.36. The van der Waals surface area contributed by atoms with Crippen molar-refractivity contribution in [1.29, 1.82) is 0 Å². The Morgan fingerprint density at radius 2 is 2.10 bits per heavy atom. The summed E-state index contributed by atoms with van der Waals surface area (Å²) < 4.78 is 0.985. The number of carbonyl (C=O) groups excluding carboxylic acids is 1. The molecular formula is C13H16ClIN2O3. The van der Waals surface area contributed by atoms with Crippen LogP contribution in [0.4, 0.5) is 5.69 Å². The minimum atomic E-state index is -0.777. The number of rotatable bonds is 4. The van der Waals surface area contributed by atoms with Crippen LogP contribution in [0.25, 0.3) is 0 Å². The maximum absolute atomic E-state index is 11.9. The first-order valence-corrected chi connectivity index (χ1v) is 7.13. The Morgan fingerprint density at radius 1 is 1.40 bits per heavy atom. The molecule has 7 heteroatoms. The van der Waals surface area contributed by atoms with Crippen LogP contribution in [0.5, 0.6) is 0 Å². The highest BCUT2D eigenvalue weighted by molar-refractivity contribution is 14.1. The number of carboxylic acid groups (broad SMARTS) is 1. The molecular weight excluding hydrogens is 395 g/mol. The fourth-order valence-electron chi connectivity index (χ4n) is 2.13. The lowest BCUT2D eigenvalue weighted by Gasteiger charge is -2.15. The molecule has 1 aliphatic heterocycles. The molecule has 1 aromatic carbocycles. The molecule has 1 amide bonds. The van der Waals surface area contributed by atoms with Crippen LogP contribution in [0.15, 0.2) is 24.3 Å². The number of aliphatic carboxylic acids is 1. The van der Waals surface area contributed by atoms with E-state index in [0.717, 1.165) is 9.26 Å². The second-order valence-electron chi connectivity index (χ2n) is 4.59. The topological polar surface area (TPSA) is 69.6 Å². The van der Waals surface area contributed by atoms with Gasteiger partial charge in [0, 0.05) is 10.1 Å². The minimum Gasteiger partial charge on any atom is -0.481 e.